The van der Waals surface area contributed by atoms with E-state index in [1.807, 2.05) is 6.92 Å². The van der Waals surface area contributed by atoms with Gasteiger partial charge in [0.15, 0.2) is 11.5 Å². The first-order valence-electron chi connectivity index (χ1n) is 6.66. The molecule has 5 nitrogen and oxygen atoms in total. The Kier molecular flexibility index (Phi) is 6.32. The van der Waals surface area contributed by atoms with Crippen LogP contribution in [-0.2, 0) is 9.59 Å². The summed E-state index contributed by atoms with van der Waals surface area (Å²) >= 11 is 6.03. The highest BCUT2D eigenvalue weighted by Gasteiger charge is 2.22. The molecule has 122 valence electrons. The van der Waals surface area contributed by atoms with Gasteiger partial charge in [0.05, 0.1) is 11.6 Å². The van der Waals surface area contributed by atoms with E-state index in [-0.39, 0.29) is 5.12 Å². The normalized spacial score (nSPS) is 15.7. The summed E-state index contributed by atoms with van der Waals surface area (Å²) in [6.07, 6.45) is 1.68. The van der Waals surface area contributed by atoms with Crippen LogP contribution in [-0.4, -0.2) is 28.3 Å². The molecule has 0 bridgehead atoms. The molecule has 0 N–H and O–H groups in total. The molecule has 23 heavy (non-hydrogen) atoms. The number of benzene rings is 1. The number of thioether (sulfide) groups is 2. The number of rotatable bonds is 4. The van der Waals surface area contributed by atoms with Gasteiger partial charge in [0.1, 0.15) is 10.1 Å². The third-order valence-electron chi connectivity index (χ3n) is 2.67. The molecule has 0 spiro atoms. The number of methoxy groups -OCH3 is 1. The first-order valence-corrected chi connectivity index (χ1v) is 9.25. The number of hydrogen-bond acceptors (Lipinski definition) is 7. The van der Waals surface area contributed by atoms with Gasteiger partial charge in [-0.1, -0.05) is 18.7 Å². The highest BCUT2D eigenvalue weighted by molar-refractivity contribution is 9.10. The summed E-state index contributed by atoms with van der Waals surface area (Å²) in [6, 6.07) is 3.43. The van der Waals surface area contributed by atoms with Gasteiger partial charge < -0.3 is 9.47 Å². The van der Waals surface area contributed by atoms with Gasteiger partial charge in [-0.15, -0.1) is 0 Å². The van der Waals surface area contributed by atoms with Gasteiger partial charge in [-0.05, 0) is 57.2 Å². The van der Waals surface area contributed by atoms with Crippen LogP contribution in [0.25, 0.3) is 6.08 Å². The van der Waals surface area contributed by atoms with Crippen molar-refractivity contribution >= 4 is 61.0 Å². The maximum Gasteiger partial charge on any atom is 0.308 e. The van der Waals surface area contributed by atoms with Gasteiger partial charge in [0, 0.05) is 6.92 Å². The summed E-state index contributed by atoms with van der Waals surface area (Å²) in [4.78, 5) is 27.5. The van der Waals surface area contributed by atoms with Gasteiger partial charge in [0.2, 0.25) is 5.12 Å². The lowest BCUT2D eigenvalue weighted by atomic mass is 10.1. The Labute approximate surface area is 151 Å². The van der Waals surface area contributed by atoms with Crippen molar-refractivity contribution in [1.29, 1.82) is 0 Å². The molecule has 0 saturated heterocycles. The SMILES string of the molecule is CCSC1=NC(=Cc2cc(Br)c(OC(C)=O)c(OC)c2)C(=O)S1. The molecule has 1 aliphatic rings. The largest absolute Gasteiger partial charge is 0.493 e. The van der Waals surface area contributed by atoms with Crippen LogP contribution in [0.15, 0.2) is 27.3 Å². The van der Waals surface area contributed by atoms with E-state index in [2.05, 4.69) is 20.9 Å². The highest BCUT2D eigenvalue weighted by Crippen LogP contribution is 2.38. The van der Waals surface area contributed by atoms with Crippen molar-refractivity contribution in [3.8, 4) is 11.5 Å². The van der Waals surface area contributed by atoms with Crippen molar-refractivity contribution < 1.29 is 19.1 Å². The minimum atomic E-state index is -0.441. The van der Waals surface area contributed by atoms with Crippen molar-refractivity contribution in [2.45, 2.75) is 13.8 Å². The second kappa shape index (κ2) is 8.03. The quantitative estimate of drug-likeness (QED) is 0.418. The van der Waals surface area contributed by atoms with E-state index >= 15 is 0 Å². The number of nitrogens with zero attached hydrogens (tertiary/aromatic N) is 1. The van der Waals surface area contributed by atoms with Crippen LogP contribution >= 0.6 is 39.5 Å². The molecular formula is C15H14BrNO4S2. The fourth-order valence-electron chi connectivity index (χ4n) is 1.80. The number of aliphatic imine (C=N–C) groups is 1. The third kappa shape index (κ3) is 4.62. The molecule has 2 rings (SSSR count). The van der Waals surface area contributed by atoms with Crippen molar-refractivity contribution in [2.24, 2.45) is 4.99 Å². The maximum absolute atomic E-state index is 12.0. The van der Waals surface area contributed by atoms with Gasteiger partial charge in [-0.25, -0.2) is 4.99 Å². The standard InChI is InChI=1S/C15H14BrNO4S2/c1-4-22-15-17-11(14(19)23-15)6-9-5-10(16)13(21-8(2)18)12(7-9)20-3/h5-7H,4H2,1-3H3. The number of carbonyl (C=O) groups excluding carboxylic acids is 2. The van der Waals surface area contributed by atoms with Crippen LogP contribution in [0, 0.1) is 0 Å². The fourth-order valence-corrected chi connectivity index (χ4v) is 4.08. The maximum atomic E-state index is 12.0. The first kappa shape index (κ1) is 18.1. The van der Waals surface area contributed by atoms with Crippen molar-refractivity contribution in [3.05, 3.63) is 27.9 Å². The number of hydrogen-bond donors (Lipinski definition) is 0. The van der Waals surface area contributed by atoms with Crippen LogP contribution < -0.4 is 9.47 Å². The average Bonchev–Trinajstić information content (AvgIpc) is 2.81. The Bertz CT molecular complexity index is 716. The molecule has 8 heteroatoms. The lowest BCUT2D eigenvalue weighted by Gasteiger charge is -2.11. The molecule has 0 saturated carbocycles. The van der Waals surface area contributed by atoms with E-state index in [1.54, 1.807) is 18.2 Å². The lowest BCUT2D eigenvalue weighted by Crippen LogP contribution is -2.04. The van der Waals surface area contributed by atoms with Gasteiger partial charge >= 0.3 is 5.97 Å². The van der Waals surface area contributed by atoms with E-state index < -0.39 is 5.97 Å². The monoisotopic (exact) mass is 415 g/mol. The summed E-state index contributed by atoms with van der Waals surface area (Å²) in [7, 11) is 1.48. The van der Waals surface area contributed by atoms with E-state index in [9.17, 15) is 9.59 Å². The summed E-state index contributed by atoms with van der Waals surface area (Å²) in [5.41, 5.74) is 1.11. The Hall–Kier alpha value is -1.25. The molecule has 0 atom stereocenters. The average molecular weight is 416 g/mol. The molecule has 1 aromatic carbocycles. The van der Waals surface area contributed by atoms with E-state index in [0.29, 0.717) is 21.7 Å². The van der Waals surface area contributed by atoms with E-state index in [4.69, 9.17) is 9.47 Å². The minimum absolute atomic E-state index is 0.0832. The molecule has 1 heterocycles. The minimum Gasteiger partial charge on any atom is -0.493 e. The smallest absolute Gasteiger partial charge is 0.308 e. The molecule has 0 fully saturated rings. The Morgan fingerprint density at radius 2 is 2.22 bits per heavy atom. The second-order valence-electron chi connectivity index (χ2n) is 4.36. The van der Waals surface area contributed by atoms with Gasteiger partial charge in [-0.2, -0.15) is 0 Å². The molecule has 0 aromatic heterocycles. The summed E-state index contributed by atoms with van der Waals surface area (Å²) in [6.45, 7) is 3.33. The van der Waals surface area contributed by atoms with Crippen LogP contribution in [0.1, 0.15) is 19.4 Å². The molecule has 0 radical (unpaired) electrons. The highest BCUT2D eigenvalue weighted by atomic mass is 79.9. The predicted molar refractivity (Wildman–Crippen MR) is 98.1 cm³/mol. The van der Waals surface area contributed by atoms with E-state index in [0.717, 1.165) is 27.5 Å². The number of halogens is 1. The molecule has 0 aliphatic carbocycles. The van der Waals surface area contributed by atoms with Crippen LogP contribution in [0.5, 0.6) is 11.5 Å². The van der Waals surface area contributed by atoms with Crippen LogP contribution in [0.4, 0.5) is 0 Å². The summed E-state index contributed by atoms with van der Waals surface area (Å²) in [5, 5.41) is -0.0832. The van der Waals surface area contributed by atoms with Gasteiger partial charge in [-0.3, -0.25) is 9.59 Å². The predicted octanol–water partition coefficient (Wildman–Crippen LogP) is 4.11. The number of ether oxygens (including phenoxy) is 2. The summed E-state index contributed by atoms with van der Waals surface area (Å²) < 4.78 is 11.7. The first-order chi connectivity index (χ1) is 10.9. The van der Waals surface area contributed by atoms with Gasteiger partial charge in [0.25, 0.3) is 0 Å². The van der Waals surface area contributed by atoms with Crippen molar-refractivity contribution in [2.75, 3.05) is 12.9 Å². The number of esters is 1. The second-order valence-corrected chi connectivity index (χ2v) is 7.68. The molecule has 1 aromatic rings. The lowest BCUT2D eigenvalue weighted by molar-refractivity contribution is -0.132. The Balaban J connectivity index is 2.37. The zero-order valence-electron chi connectivity index (χ0n) is 12.7. The molecule has 1 aliphatic heterocycles. The Morgan fingerprint density at radius 1 is 1.48 bits per heavy atom. The number of carbonyl (C=O) groups is 2. The zero-order valence-corrected chi connectivity index (χ0v) is 15.9. The van der Waals surface area contributed by atoms with Crippen LogP contribution in [0.2, 0.25) is 0 Å². The third-order valence-corrected chi connectivity index (χ3v) is 5.15. The fraction of sp³-hybridized carbons (Fsp3) is 0.267. The molecular weight excluding hydrogens is 402 g/mol. The molecule has 0 unspecified atom stereocenters. The van der Waals surface area contributed by atoms with Crippen LogP contribution in [0.3, 0.4) is 0 Å². The van der Waals surface area contributed by atoms with Crippen molar-refractivity contribution in [1.82, 2.24) is 0 Å². The summed E-state index contributed by atoms with van der Waals surface area (Å²) in [5.74, 6) is 1.12. The Morgan fingerprint density at radius 3 is 2.83 bits per heavy atom. The van der Waals surface area contributed by atoms with E-state index in [1.165, 1.54) is 25.8 Å². The topological polar surface area (TPSA) is 65.0 Å². The zero-order chi connectivity index (χ0) is 17.0. The molecule has 0 amide bonds. The van der Waals surface area contributed by atoms with Crippen molar-refractivity contribution in [3.63, 3.8) is 0 Å².